The van der Waals surface area contributed by atoms with Crippen molar-refractivity contribution in [2.24, 2.45) is 0 Å². The molecule has 1 atom stereocenters. The second kappa shape index (κ2) is 5.38. The van der Waals surface area contributed by atoms with Gasteiger partial charge in [-0.1, -0.05) is 18.2 Å². The van der Waals surface area contributed by atoms with E-state index in [0.717, 1.165) is 32.2 Å². The molecule has 1 aromatic rings. The largest absolute Gasteiger partial charge is 0.314 e. The van der Waals surface area contributed by atoms with Crippen LogP contribution in [-0.4, -0.2) is 31.1 Å². The number of hydrogen-bond donors (Lipinski definition) is 1. The third-order valence-corrected chi connectivity index (χ3v) is 3.07. The van der Waals surface area contributed by atoms with Gasteiger partial charge in [0.15, 0.2) is 11.6 Å². The van der Waals surface area contributed by atoms with Crippen molar-refractivity contribution in [2.45, 2.75) is 6.04 Å². The Balaban J connectivity index is 2.27. The molecule has 0 spiro atoms. The van der Waals surface area contributed by atoms with Crippen LogP contribution < -0.4 is 5.32 Å². The lowest BCUT2D eigenvalue weighted by Crippen LogP contribution is -2.44. The fraction of sp³-hybridized carbons (Fsp3) is 0.385. The molecule has 2 nitrogen and oxygen atoms in total. The predicted octanol–water partition coefficient (Wildman–Crippen LogP) is 2.10. The van der Waals surface area contributed by atoms with Gasteiger partial charge in [-0.05, 0) is 6.07 Å². The van der Waals surface area contributed by atoms with E-state index in [1.165, 1.54) is 6.07 Å². The van der Waals surface area contributed by atoms with Crippen LogP contribution in [0.2, 0.25) is 0 Å². The normalized spacial score (nSPS) is 18.9. The molecule has 0 aromatic heterocycles. The van der Waals surface area contributed by atoms with Gasteiger partial charge in [-0.3, -0.25) is 4.90 Å². The molecule has 1 heterocycles. The summed E-state index contributed by atoms with van der Waals surface area (Å²) < 4.78 is 26.9. The quantitative estimate of drug-likeness (QED) is 0.811. The van der Waals surface area contributed by atoms with Crippen LogP contribution in [-0.2, 0) is 0 Å². The van der Waals surface area contributed by atoms with E-state index < -0.39 is 11.6 Å². The molecule has 1 N–H and O–H groups in total. The summed E-state index contributed by atoms with van der Waals surface area (Å²) >= 11 is 0. The first-order valence-corrected chi connectivity index (χ1v) is 5.75. The van der Waals surface area contributed by atoms with E-state index in [0.29, 0.717) is 5.56 Å². The highest BCUT2D eigenvalue weighted by molar-refractivity contribution is 5.25. The predicted molar refractivity (Wildman–Crippen MR) is 63.7 cm³/mol. The fourth-order valence-corrected chi connectivity index (χ4v) is 2.18. The Hall–Kier alpha value is -1.26. The number of halogens is 2. The molecule has 1 aromatic carbocycles. The van der Waals surface area contributed by atoms with Crippen molar-refractivity contribution in [2.75, 3.05) is 26.2 Å². The summed E-state index contributed by atoms with van der Waals surface area (Å²) in [7, 11) is 0. The average Bonchev–Trinajstić information content (AvgIpc) is 2.37. The summed E-state index contributed by atoms with van der Waals surface area (Å²) in [4.78, 5) is 2.10. The maximum Gasteiger partial charge on any atom is 0.163 e. The Morgan fingerprint density at radius 1 is 1.29 bits per heavy atom. The van der Waals surface area contributed by atoms with Crippen molar-refractivity contribution in [3.05, 3.63) is 48.1 Å². The molecular formula is C13H16F2N2. The Labute approximate surface area is 99.9 Å². The zero-order valence-electron chi connectivity index (χ0n) is 9.63. The monoisotopic (exact) mass is 238 g/mol. The standard InChI is InChI=1S/C13H16F2N2/c1-2-12(17-8-6-16-7-9-17)10-4-3-5-11(14)13(10)15/h2-5,12,16H,1,6-9H2/t12-/m1/s1. The summed E-state index contributed by atoms with van der Waals surface area (Å²) in [6.45, 7) is 7.08. The van der Waals surface area contributed by atoms with Crippen molar-refractivity contribution < 1.29 is 8.78 Å². The molecule has 1 saturated heterocycles. The van der Waals surface area contributed by atoms with Gasteiger partial charge < -0.3 is 5.32 Å². The highest BCUT2D eigenvalue weighted by Crippen LogP contribution is 2.25. The van der Waals surface area contributed by atoms with E-state index in [1.54, 1.807) is 12.1 Å². The highest BCUT2D eigenvalue weighted by Gasteiger charge is 2.23. The van der Waals surface area contributed by atoms with Gasteiger partial charge in [0.1, 0.15) is 0 Å². The first-order valence-electron chi connectivity index (χ1n) is 5.75. The van der Waals surface area contributed by atoms with Gasteiger partial charge in [-0.2, -0.15) is 0 Å². The lowest BCUT2D eigenvalue weighted by molar-refractivity contribution is 0.199. The first-order chi connectivity index (χ1) is 8.24. The van der Waals surface area contributed by atoms with Crippen LogP contribution >= 0.6 is 0 Å². The maximum atomic E-state index is 13.7. The summed E-state index contributed by atoms with van der Waals surface area (Å²) in [5.41, 5.74) is 0.363. The molecule has 0 aliphatic carbocycles. The molecule has 1 aliphatic heterocycles. The third-order valence-electron chi connectivity index (χ3n) is 3.07. The van der Waals surface area contributed by atoms with Crippen LogP contribution in [0.15, 0.2) is 30.9 Å². The number of piperazine rings is 1. The second-order valence-electron chi connectivity index (χ2n) is 4.11. The zero-order valence-corrected chi connectivity index (χ0v) is 9.63. The fourth-order valence-electron chi connectivity index (χ4n) is 2.18. The van der Waals surface area contributed by atoms with E-state index in [4.69, 9.17) is 0 Å². The minimum Gasteiger partial charge on any atom is -0.314 e. The molecule has 92 valence electrons. The van der Waals surface area contributed by atoms with Crippen LogP contribution in [0.4, 0.5) is 8.78 Å². The number of benzene rings is 1. The van der Waals surface area contributed by atoms with Gasteiger partial charge in [0, 0.05) is 31.7 Å². The van der Waals surface area contributed by atoms with Crippen LogP contribution in [0.5, 0.6) is 0 Å². The zero-order chi connectivity index (χ0) is 12.3. The average molecular weight is 238 g/mol. The summed E-state index contributed by atoms with van der Waals surface area (Å²) in [5.74, 6) is -1.57. The van der Waals surface area contributed by atoms with Crippen LogP contribution in [0, 0.1) is 11.6 Å². The molecule has 0 radical (unpaired) electrons. The molecule has 0 saturated carbocycles. The van der Waals surface area contributed by atoms with Crippen molar-refractivity contribution in [1.82, 2.24) is 10.2 Å². The number of hydrogen-bond acceptors (Lipinski definition) is 2. The number of rotatable bonds is 3. The molecule has 17 heavy (non-hydrogen) atoms. The van der Waals surface area contributed by atoms with Gasteiger partial charge in [0.05, 0.1) is 6.04 Å². The van der Waals surface area contributed by atoms with Gasteiger partial charge in [-0.15, -0.1) is 6.58 Å². The minimum absolute atomic E-state index is 0.257. The molecule has 2 rings (SSSR count). The Morgan fingerprint density at radius 3 is 2.65 bits per heavy atom. The third kappa shape index (κ3) is 2.53. The minimum atomic E-state index is -0.801. The SMILES string of the molecule is C=C[C@H](c1cccc(F)c1F)N1CCNCC1. The summed E-state index contributed by atoms with van der Waals surface area (Å²) in [5, 5.41) is 3.23. The molecule has 1 fully saturated rings. The Bertz CT molecular complexity index is 400. The van der Waals surface area contributed by atoms with Gasteiger partial charge in [-0.25, -0.2) is 8.78 Å². The maximum absolute atomic E-state index is 13.7. The molecule has 4 heteroatoms. The van der Waals surface area contributed by atoms with Crippen molar-refractivity contribution in [1.29, 1.82) is 0 Å². The Morgan fingerprint density at radius 2 is 2.00 bits per heavy atom. The van der Waals surface area contributed by atoms with E-state index in [-0.39, 0.29) is 6.04 Å². The topological polar surface area (TPSA) is 15.3 Å². The lowest BCUT2D eigenvalue weighted by atomic mass is 10.0. The van der Waals surface area contributed by atoms with Gasteiger partial charge >= 0.3 is 0 Å². The number of nitrogens with zero attached hydrogens (tertiary/aromatic N) is 1. The van der Waals surface area contributed by atoms with Crippen LogP contribution in [0.1, 0.15) is 11.6 Å². The number of nitrogens with one attached hydrogen (secondary N) is 1. The van der Waals surface area contributed by atoms with Crippen molar-refractivity contribution in [3.8, 4) is 0 Å². The van der Waals surface area contributed by atoms with E-state index in [1.807, 2.05) is 0 Å². The highest BCUT2D eigenvalue weighted by atomic mass is 19.2. The molecule has 0 unspecified atom stereocenters. The van der Waals surface area contributed by atoms with E-state index >= 15 is 0 Å². The lowest BCUT2D eigenvalue weighted by Gasteiger charge is -2.33. The Kier molecular flexibility index (Phi) is 3.86. The second-order valence-corrected chi connectivity index (χ2v) is 4.11. The molecule has 0 amide bonds. The van der Waals surface area contributed by atoms with E-state index in [2.05, 4.69) is 16.8 Å². The van der Waals surface area contributed by atoms with Crippen molar-refractivity contribution in [3.63, 3.8) is 0 Å². The van der Waals surface area contributed by atoms with Crippen LogP contribution in [0.25, 0.3) is 0 Å². The van der Waals surface area contributed by atoms with Crippen LogP contribution in [0.3, 0.4) is 0 Å². The smallest absolute Gasteiger partial charge is 0.163 e. The van der Waals surface area contributed by atoms with Gasteiger partial charge in [0.25, 0.3) is 0 Å². The molecular weight excluding hydrogens is 222 g/mol. The van der Waals surface area contributed by atoms with Gasteiger partial charge in [0.2, 0.25) is 0 Å². The van der Waals surface area contributed by atoms with Crippen molar-refractivity contribution >= 4 is 0 Å². The molecule has 0 bridgehead atoms. The summed E-state index contributed by atoms with van der Waals surface area (Å²) in [6, 6.07) is 4.03. The van der Waals surface area contributed by atoms with E-state index in [9.17, 15) is 8.78 Å². The summed E-state index contributed by atoms with van der Waals surface area (Å²) in [6.07, 6.45) is 1.67. The first kappa shape index (κ1) is 12.2. The molecule has 1 aliphatic rings.